The van der Waals surface area contributed by atoms with Crippen LogP contribution in [-0.2, 0) is 16.1 Å². The van der Waals surface area contributed by atoms with E-state index in [1.54, 1.807) is 20.4 Å². The Balaban J connectivity index is 1.45. The molecule has 1 unspecified atom stereocenters. The first-order valence-corrected chi connectivity index (χ1v) is 12.9. The van der Waals surface area contributed by atoms with Gasteiger partial charge >= 0.3 is 6.09 Å². The van der Waals surface area contributed by atoms with Crippen molar-refractivity contribution in [1.82, 2.24) is 20.6 Å². The van der Waals surface area contributed by atoms with Crippen LogP contribution >= 0.6 is 0 Å². The molecule has 0 spiro atoms. The molecular weight excluding hydrogens is 480 g/mol. The van der Waals surface area contributed by atoms with E-state index < -0.39 is 6.09 Å². The topological polar surface area (TPSA) is 105 Å². The van der Waals surface area contributed by atoms with Crippen LogP contribution in [0.3, 0.4) is 0 Å². The number of nitrogens with one attached hydrogen (secondary N) is 3. The van der Waals surface area contributed by atoms with Gasteiger partial charge in [-0.05, 0) is 47.4 Å². The summed E-state index contributed by atoms with van der Waals surface area (Å²) in [6.45, 7) is 0.191. The fourth-order valence-electron chi connectivity index (χ4n) is 4.30. The van der Waals surface area contributed by atoms with Crippen LogP contribution in [0, 0.1) is 0 Å². The van der Waals surface area contributed by atoms with E-state index in [-0.39, 0.29) is 18.6 Å². The van der Waals surface area contributed by atoms with Crippen LogP contribution in [0.25, 0.3) is 22.0 Å². The molecule has 0 radical (unpaired) electrons. The SMILES string of the molecule is CNC(=O)CCCCCC(NC(=O)OCc1ccccc1)c1ncc(-c2ccc3cc(OC)ccc3c2)[nH]1. The Kier molecular flexibility index (Phi) is 9.34. The van der Waals surface area contributed by atoms with E-state index in [2.05, 4.69) is 32.7 Å². The molecule has 0 bridgehead atoms. The first kappa shape index (κ1) is 26.7. The fourth-order valence-corrected chi connectivity index (χ4v) is 4.30. The van der Waals surface area contributed by atoms with E-state index in [1.165, 1.54) is 0 Å². The second-order valence-corrected chi connectivity index (χ2v) is 9.14. The lowest BCUT2D eigenvalue weighted by Gasteiger charge is -2.17. The van der Waals surface area contributed by atoms with Gasteiger partial charge in [-0.25, -0.2) is 9.78 Å². The molecule has 0 saturated heterocycles. The van der Waals surface area contributed by atoms with E-state index in [1.807, 2.05) is 54.6 Å². The van der Waals surface area contributed by atoms with Crippen molar-refractivity contribution >= 4 is 22.8 Å². The quantitative estimate of drug-likeness (QED) is 0.204. The maximum Gasteiger partial charge on any atom is 0.408 e. The molecular formula is C30H34N4O4. The number of fused-ring (bicyclic) bond motifs is 1. The van der Waals surface area contributed by atoms with E-state index in [9.17, 15) is 9.59 Å². The molecule has 0 fully saturated rings. The molecule has 1 aromatic heterocycles. The van der Waals surface area contributed by atoms with Gasteiger partial charge in [-0.3, -0.25) is 4.79 Å². The van der Waals surface area contributed by atoms with Gasteiger partial charge in [0.2, 0.25) is 5.91 Å². The smallest absolute Gasteiger partial charge is 0.408 e. The van der Waals surface area contributed by atoms with Crippen LogP contribution in [0.2, 0.25) is 0 Å². The van der Waals surface area contributed by atoms with Crippen molar-refractivity contribution in [3.63, 3.8) is 0 Å². The van der Waals surface area contributed by atoms with E-state index >= 15 is 0 Å². The Hall–Kier alpha value is -4.33. The largest absolute Gasteiger partial charge is 0.497 e. The van der Waals surface area contributed by atoms with Gasteiger partial charge in [0.05, 0.1) is 25.0 Å². The lowest BCUT2D eigenvalue weighted by Crippen LogP contribution is -2.30. The van der Waals surface area contributed by atoms with Gasteiger partial charge in [0.1, 0.15) is 18.2 Å². The number of unbranched alkanes of at least 4 members (excludes halogenated alkanes) is 2. The number of hydrogen-bond donors (Lipinski definition) is 3. The Morgan fingerprint density at radius 1 is 0.974 bits per heavy atom. The molecule has 3 aromatic carbocycles. The number of methoxy groups -OCH3 is 1. The first-order valence-electron chi connectivity index (χ1n) is 12.9. The highest BCUT2D eigenvalue weighted by molar-refractivity contribution is 5.88. The maximum atomic E-state index is 12.7. The van der Waals surface area contributed by atoms with Crippen LogP contribution in [0.15, 0.2) is 72.9 Å². The summed E-state index contributed by atoms with van der Waals surface area (Å²) >= 11 is 0. The summed E-state index contributed by atoms with van der Waals surface area (Å²) < 4.78 is 10.8. The summed E-state index contributed by atoms with van der Waals surface area (Å²) in [4.78, 5) is 32.2. The third kappa shape index (κ3) is 7.35. The van der Waals surface area contributed by atoms with Crippen molar-refractivity contribution in [2.45, 2.75) is 44.8 Å². The van der Waals surface area contributed by atoms with Gasteiger partial charge in [0, 0.05) is 19.0 Å². The summed E-state index contributed by atoms with van der Waals surface area (Å²) in [5, 5.41) is 7.80. The number of carbonyl (C=O) groups is 2. The van der Waals surface area contributed by atoms with Crippen molar-refractivity contribution in [2.24, 2.45) is 0 Å². The number of aromatic amines is 1. The second-order valence-electron chi connectivity index (χ2n) is 9.14. The number of aromatic nitrogens is 2. The minimum Gasteiger partial charge on any atom is -0.497 e. The zero-order valence-corrected chi connectivity index (χ0v) is 21.8. The highest BCUT2D eigenvalue weighted by Gasteiger charge is 2.19. The number of hydrogen-bond acceptors (Lipinski definition) is 5. The molecule has 3 N–H and O–H groups in total. The number of nitrogens with zero attached hydrogens (tertiary/aromatic N) is 1. The van der Waals surface area contributed by atoms with E-state index in [0.717, 1.165) is 52.6 Å². The molecule has 1 atom stereocenters. The van der Waals surface area contributed by atoms with Gasteiger partial charge in [-0.2, -0.15) is 0 Å². The van der Waals surface area contributed by atoms with E-state index in [0.29, 0.717) is 18.7 Å². The van der Waals surface area contributed by atoms with E-state index in [4.69, 9.17) is 9.47 Å². The standard InChI is InChI=1S/C30H34N4O4/c1-31-28(35)12-8-4-7-11-26(34-30(36)38-20-21-9-5-3-6-10-21)29-32-19-27(33-29)24-14-13-23-18-25(37-2)16-15-22(23)17-24/h3,5-6,9-10,13-19,26H,4,7-8,11-12,20H2,1-2H3,(H,31,35)(H,32,33)(H,34,36). The van der Waals surface area contributed by atoms with Gasteiger partial charge in [-0.15, -0.1) is 0 Å². The van der Waals surface area contributed by atoms with Crippen LogP contribution in [0.5, 0.6) is 5.75 Å². The third-order valence-corrected chi connectivity index (χ3v) is 6.46. The molecule has 4 aromatic rings. The molecule has 0 aliphatic carbocycles. The predicted molar refractivity (Wildman–Crippen MR) is 148 cm³/mol. The lowest BCUT2D eigenvalue weighted by atomic mass is 10.0. The van der Waals surface area contributed by atoms with Crippen LogP contribution in [0.1, 0.15) is 49.5 Å². The van der Waals surface area contributed by atoms with Crippen molar-refractivity contribution < 1.29 is 19.1 Å². The Morgan fingerprint density at radius 2 is 1.76 bits per heavy atom. The normalized spacial score (nSPS) is 11.6. The van der Waals surface area contributed by atoms with Gasteiger partial charge in [0.25, 0.3) is 0 Å². The molecule has 198 valence electrons. The molecule has 1 heterocycles. The fraction of sp³-hybridized carbons (Fsp3) is 0.300. The molecule has 38 heavy (non-hydrogen) atoms. The molecule has 2 amide bonds. The molecule has 8 nitrogen and oxygen atoms in total. The molecule has 4 rings (SSSR count). The minimum absolute atomic E-state index is 0.0358. The Morgan fingerprint density at radius 3 is 2.55 bits per heavy atom. The summed E-state index contributed by atoms with van der Waals surface area (Å²) in [7, 11) is 3.30. The molecule has 0 aliphatic rings. The van der Waals surface area contributed by atoms with Crippen LogP contribution in [-0.4, -0.2) is 36.1 Å². The molecule has 8 heteroatoms. The number of carbonyl (C=O) groups excluding carboxylic acids is 2. The average Bonchev–Trinajstić information content (AvgIpc) is 3.45. The number of amides is 2. The molecule has 0 aliphatic heterocycles. The zero-order chi connectivity index (χ0) is 26.7. The van der Waals surface area contributed by atoms with Crippen molar-refractivity contribution in [2.75, 3.05) is 14.2 Å². The third-order valence-electron chi connectivity index (χ3n) is 6.46. The Labute approximate surface area is 222 Å². The summed E-state index contributed by atoms with van der Waals surface area (Å²) in [6.07, 6.45) is 4.93. The van der Waals surface area contributed by atoms with Crippen molar-refractivity contribution in [3.05, 3.63) is 84.3 Å². The number of imidazole rings is 1. The zero-order valence-electron chi connectivity index (χ0n) is 21.8. The van der Waals surface area contributed by atoms with Gasteiger partial charge in [-0.1, -0.05) is 61.4 Å². The maximum absolute atomic E-state index is 12.7. The number of ether oxygens (including phenoxy) is 2. The number of benzene rings is 3. The number of alkyl carbamates (subject to hydrolysis) is 1. The second kappa shape index (κ2) is 13.3. The highest BCUT2D eigenvalue weighted by Crippen LogP contribution is 2.28. The number of H-pyrrole nitrogens is 1. The van der Waals surface area contributed by atoms with Gasteiger partial charge in [0.15, 0.2) is 0 Å². The molecule has 0 saturated carbocycles. The summed E-state index contributed by atoms with van der Waals surface area (Å²) in [6, 6.07) is 21.4. The predicted octanol–water partition coefficient (Wildman–Crippen LogP) is 5.90. The van der Waals surface area contributed by atoms with Crippen molar-refractivity contribution in [3.8, 4) is 17.0 Å². The summed E-state index contributed by atoms with van der Waals surface area (Å²) in [5.74, 6) is 1.52. The average molecular weight is 515 g/mol. The number of rotatable bonds is 12. The monoisotopic (exact) mass is 514 g/mol. The van der Waals surface area contributed by atoms with Crippen molar-refractivity contribution in [1.29, 1.82) is 0 Å². The van der Waals surface area contributed by atoms with Crippen LogP contribution in [0.4, 0.5) is 4.79 Å². The Bertz CT molecular complexity index is 1350. The highest BCUT2D eigenvalue weighted by atomic mass is 16.5. The van der Waals surface area contributed by atoms with Crippen LogP contribution < -0.4 is 15.4 Å². The first-order chi connectivity index (χ1) is 18.6. The lowest BCUT2D eigenvalue weighted by molar-refractivity contribution is -0.120. The minimum atomic E-state index is -0.498. The summed E-state index contributed by atoms with van der Waals surface area (Å²) in [5.41, 5.74) is 2.78. The van der Waals surface area contributed by atoms with Gasteiger partial charge < -0.3 is 25.1 Å².